The number of carbonyl (C=O) groups is 1. The molecule has 8 nitrogen and oxygen atoms in total. The van der Waals surface area contributed by atoms with Crippen molar-refractivity contribution in [2.75, 3.05) is 19.0 Å². The summed E-state index contributed by atoms with van der Waals surface area (Å²) in [6.07, 6.45) is 4.03. The third-order valence-corrected chi connectivity index (χ3v) is 6.73. The first-order valence-corrected chi connectivity index (χ1v) is 11.6. The quantitative estimate of drug-likeness (QED) is 0.411. The van der Waals surface area contributed by atoms with Gasteiger partial charge in [-0.05, 0) is 55.7 Å². The van der Waals surface area contributed by atoms with E-state index in [1.165, 1.54) is 11.8 Å². The minimum Gasteiger partial charge on any atom is -0.497 e. The maximum absolute atomic E-state index is 13.2. The first kappa shape index (κ1) is 22.3. The van der Waals surface area contributed by atoms with Crippen LogP contribution in [0.3, 0.4) is 0 Å². The second-order valence-electron chi connectivity index (χ2n) is 7.55. The van der Waals surface area contributed by atoms with Gasteiger partial charge in [0.25, 0.3) is 5.56 Å². The molecule has 3 heterocycles. The van der Waals surface area contributed by atoms with Gasteiger partial charge in [-0.3, -0.25) is 14.2 Å². The Morgan fingerprint density at radius 1 is 1.34 bits per heavy atom. The minimum atomic E-state index is -0.430. The molecule has 0 aliphatic carbocycles. The molecule has 9 heteroatoms. The van der Waals surface area contributed by atoms with E-state index in [9.17, 15) is 9.59 Å². The highest BCUT2D eigenvalue weighted by molar-refractivity contribution is 8.00. The maximum Gasteiger partial charge on any atom is 0.263 e. The van der Waals surface area contributed by atoms with Crippen molar-refractivity contribution in [3.63, 3.8) is 0 Å². The number of nitrogens with zero attached hydrogens (tertiary/aromatic N) is 3. The van der Waals surface area contributed by atoms with Crippen LogP contribution in [0, 0.1) is 0 Å². The molecule has 0 spiro atoms. The molecule has 0 saturated carbocycles. The number of anilines is 1. The summed E-state index contributed by atoms with van der Waals surface area (Å²) in [5.41, 5.74) is 0.903. The summed E-state index contributed by atoms with van der Waals surface area (Å²) in [5.74, 6) is 0.567. The SMILES string of the molecule is CC[C@@H](Sc1nc2ncccc2c(=O)n1C[C@H]1CCCO1)C(=O)Nc1ccc(OC)cc1. The highest BCUT2D eigenvalue weighted by atomic mass is 32.2. The number of thioether (sulfide) groups is 1. The lowest BCUT2D eigenvalue weighted by Gasteiger charge is -2.19. The van der Waals surface area contributed by atoms with Crippen LogP contribution in [0.2, 0.25) is 0 Å². The summed E-state index contributed by atoms with van der Waals surface area (Å²) < 4.78 is 12.5. The van der Waals surface area contributed by atoms with Crippen LogP contribution in [0.5, 0.6) is 5.75 Å². The summed E-state index contributed by atoms with van der Waals surface area (Å²) in [5, 5.41) is 3.45. The van der Waals surface area contributed by atoms with Gasteiger partial charge >= 0.3 is 0 Å². The highest BCUT2D eigenvalue weighted by Crippen LogP contribution is 2.27. The molecule has 0 bridgehead atoms. The van der Waals surface area contributed by atoms with Crippen molar-refractivity contribution in [3.05, 3.63) is 52.9 Å². The molecule has 32 heavy (non-hydrogen) atoms. The van der Waals surface area contributed by atoms with E-state index in [-0.39, 0.29) is 17.6 Å². The van der Waals surface area contributed by atoms with Gasteiger partial charge in [-0.1, -0.05) is 18.7 Å². The van der Waals surface area contributed by atoms with Crippen LogP contribution >= 0.6 is 11.8 Å². The molecule has 1 N–H and O–H groups in total. The van der Waals surface area contributed by atoms with Crippen molar-refractivity contribution in [2.45, 2.75) is 49.2 Å². The number of hydrogen-bond acceptors (Lipinski definition) is 7. The lowest BCUT2D eigenvalue weighted by Crippen LogP contribution is -2.31. The van der Waals surface area contributed by atoms with Gasteiger partial charge in [0, 0.05) is 18.5 Å². The fourth-order valence-corrected chi connectivity index (χ4v) is 4.64. The molecule has 1 amide bonds. The molecule has 2 aromatic heterocycles. The molecular formula is C23H26N4O4S. The van der Waals surface area contributed by atoms with Gasteiger partial charge in [-0.25, -0.2) is 9.97 Å². The van der Waals surface area contributed by atoms with Crippen molar-refractivity contribution in [1.29, 1.82) is 0 Å². The first-order valence-electron chi connectivity index (χ1n) is 10.7. The standard InChI is InChI=1S/C23H26N4O4S/c1-3-19(21(28)25-15-8-10-16(30-2)11-9-15)32-23-26-20-18(7-4-12-24-20)22(29)27(23)14-17-6-5-13-31-17/h4,7-12,17,19H,3,5-6,13-14H2,1-2H3,(H,25,28)/t17-,19-/m1/s1. The van der Waals surface area contributed by atoms with E-state index in [2.05, 4.69) is 15.3 Å². The lowest BCUT2D eigenvalue weighted by molar-refractivity contribution is -0.115. The average Bonchev–Trinajstić information content (AvgIpc) is 3.33. The van der Waals surface area contributed by atoms with Gasteiger partial charge in [0.05, 0.1) is 30.4 Å². The number of rotatable bonds is 8. The minimum absolute atomic E-state index is 0.0313. The fraction of sp³-hybridized carbons (Fsp3) is 0.391. The number of pyridine rings is 1. The Morgan fingerprint density at radius 2 is 2.16 bits per heavy atom. The summed E-state index contributed by atoms with van der Waals surface area (Å²) in [6, 6.07) is 10.6. The third kappa shape index (κ3) is 4.94. The van der Waals surface area contributed by atoms with Crippen LogP contribution in [0.1, 0.15) is 26.2 Å². The van der Waals surface area contributed by atoms with Gasteiger partial charge < -0.3 is 14.8 Å². The van der Waals surface area contributed by atoms with Crippen LogP contribution in [-0.4, -0.2) is 45.5 Å². The predicted octanol–water partition coefficient (Wildman–Crippen LogP) is 3.49. The highest BCUT2D eigenvalue weighted by Gasteiger charge is 2.25. The molecule has 0 unspecified atom stereocenters. The molecule has 0 radical (unpaired) electrons. The van der Waals surface area contributed by atoms with Crippen molar-refractivity contribution in [2.24, 2.45) is 0 Å². The zero-order valence-corrected chi connectivity index (χ0v) is 18.9. The Bertz CT molecular complexity index is 1140. The summed E-state index contributed by atoms with van der Waals surface area (Å²) in [4.78, 5) is 35.1. The number of amides is 1. The Labute approximate surface area is 190 Å². The van der Waals surface area contributed by atoms with E-state index >= 15 is 0 Å². The van der Waals surface area contributed by atoms with Crippen molar-refractivity contribution >= 4 is 34.4 Å². The van der Waals surface area contributed by atoms with E-state index in [0.29, 0.717) is 41.4 Å². The number of methoxy groups -OCH3 is 1. The first-order chi connectivity index (χ1) is 15.6. The van der Waals surface area contributed by atoms with E-state index in [1.54, 1.807) is 54.3 Å². The number of aromatic nitrogens is 3. The van der Waals surface area contributed by atoms with E-state index in [4.69, 9.17) is 9.47 Å². The number of ether oxygens (including phenoxy) is 2. The summed E-state index contributed by atoms with van der Waals surface area (Å²) >= 11 is 1.28. The zero-order chi connectivity index (χ0) is 22.5. The van der Waals surface area contributed by atoms with Gasteiger partial charge in [-0.15, -0.1) is 0 Å². The average molecular weight is 455 g/mol. The van der Waals surface area contributed by atoms with Crippen LogP contribution in [0.4, 0.5) is 5.69 Å². The predicted molar refractivity (Wildman–Crippen MR) is 124 cm³/mol. The Morgan fingerprint density at radius 3 is 2.84 bits per heavy atom. The molecule has 1 saturated heterocycles. The summed E-state index contributed by atoms with van der Waals surface area (Å²) in [7, 11) is 1.60. The van der Waals surface area contributed by atoms with Gasteiger partial charge in [-0.2, -0.15) is 0 Å². The van der Waals surface area contributed by atoms with Crippen LogP contribution in [-0.2, 0) is 16.1 Å². The molecule has 1 fully saturated rings. The number of carbonyl (C=O) groups excluding carboxylic acids is 1. The smallest absolute Gasteiger partial charge is 0.263 e. The van der Waals surface area contributed by atoms with Crippen LogP contribution < -0.4 is 15.6 Å². The van der Waals surface area contributed by atoms with Crippen LogP contribution in [0.15, 0.2) is 52.5 Å². The Kier molecular flexibility index (Phi) is 7.06. The molecule has 3 aromatic rings. The number of nitrogens with one attached hydrogen (secondary N) is 1. The molecule has 1 aromatic carbocycles. The van der Waals surface area contributed by atoms with Gasteiger partial charge in [0.1, 0.15) is 5.75 Å². The molecular weight excluding hydrogens is 428 g/mol. The van der Waals surface area contributed by atoms with Crippen molar-refractivity contribution in [1.82, 2.24) is 14.5 Å². The molecule has 2 atom stereocenters. The largest absolute Gasteiger partial charge is 0.497 e. The van der Waals surface area contributed by atoms with Crippen molar-refractivity contribution < 1.29 is 14.3 Å². The number of benzene rings is 1. The molecule has 1 aliphatic rings. The normalized spacial score (nSPS) is 16.8. The Balaban J connectivity index is 1.61. The topological polar surface area (TPSA) is 95.3 Å². The third-order valence-electron chi connectivity index (χ3n) is 5.37. The summed E-state index contributed by atoms with van der Waals surface area (Å²) in [6.45, 7) is 3.05. The fourth-order valence-electron chi connectivity index (χ4n) is 3.63. The number of fused-ring (bicyclic) bond motifs is 1. The van der Waals surface area contributed by atoms with E-state index in [1.807, 2.05) is 6.92 Å². The van der Waals surface area contributed by atoms with Gasteiger partial charge in [0.2, 0.25) is 5.91 Å². The maximum atomic E-state index is 13.2. The van der Waals surface area contributed by atoms with E-state index < -0.39 is 5.25 Å². The molecule has 1 aliphatic heterocycles. The molecule has 4 rings (SSSR count). The second-order valence-corrected chi connectivity index (χ2v) is 8.72. The van der Waals surface area contributed by atoms with Crippen molar-refractivity contribution in [3.8, 4) is 5.75 Å². The van der Waals surface area contributed by atoms with Gasteiger partial charge in [0.15, 0.2) is 10.8 Å². The Hall–Kier alpha value is -2.91. The van der Waals surface area contributed by atoms with E-state index in [0.717, 1.165) is 18.6 Å². The lowest BCUT2D eigenvalue weighted by atomic mass is 10.2. The van der Waals surface area contributed by atoms with Crippen LogP contribution in [0.25, 0.3) is 11.0 Å². The monoisotopic (exact) mass is 454 g/mol. The number of hydrogen-bond donors (Lipinski definition) is 1. The second kappa shape index (κ2) is 10.1. The molecule has 168 valence electrons. The zero-order valence-electron chi connectivity index (χ0n) is 18.1.